The largest absolute Gasteiger partial charge is 0.751 e. The fraction of sp³-hybridized carbons (Fsp3) is 0.500. The van der Waals surface area contributed by atoms with Crippen LogP contribution in [0.3, 0.4) is 0 Å². The maximum absolute atomic E-state index is 10.7. The third-order valence-electron chi connectivity index (χ3n) is 0.795. The summed E-state index contributed by atoms with van der Waals surface area (Å²) in [6, 6.07) is 0. The lowest BCUT2D eigenvalue weighted by molar-refractivity contribution is 0.299. The van der Waals surface area contributed by atoms with E-state index in [1.165, 1.54) is 6.20 Å². The molecule has 0 fully saturated rings. The molecule has 1 N–H and O–H groups in total. The molecule has 0 spiro atoms. The van der Waals surface area contributed by atoms with Gasteiger partial charge in [-0.25, -0.2) is 4.52 Å². The van der Waals surface area contributed by atoms with Gasteiger partial charge in [-0.15, -0.1) is 9.62 Å². The number of aromatic amines is 1. The second-order valence-corrected chi connectivity index (χ2v) is 2.43. The monoisotopic (exact) mass is 176 g/mol. The topological polar surface area (TPSA) is 77.1 Å². The van der Waals surface area contributed by atoms with E-state index in [4.69, 9.17) is 0 Å². The molecule has 0 aliphatic rings. The van der Waals surface area contributed by atoms with Crippen LogP contribution in [0.5, 0.6) is 5.88 Å². The van der Waals surface area contributed by atoms with Gasteiger partial charge in [0.05, 0.1) is 0 Å². The van der Waals surface area contributed by atoms with Crippen LogP contribution in [0.2, 0.25) is 0 Å². The van der Waals surface area contributed by atoms with Gasteiger partial charge in [0, 0.05) is 4.57 Å². The van der Waals surface area contributed by atoms with Gasteiger partial charge in [-0.1, -0.05) is 0 Å². The minimum absolute atomic E-state index is 0.166. The van der Waals surface area contributed by atoms with Gasteiger partial charge in [-0.2, -0.15) is 10.3 Å². The molecule has 0 saturated heterocycles. The third-order valence-corrected chi connectivity index (χ3v) is 1.60. The molecule has 0 aromatic carbocycles. The average molecular weight is 176 g/mol. The smallest absolute Gasteiger partial charge is 0.205 e. The van der Waals surface area contributed by atoms with Crippen LogP contribution in [0.1, 0.15) is 6.92 Å². The highest BCUT2D eigenvalue weighted by Crippen LogP contribution is 2.24. The van der Waals surface area contributed by atoms with E-state index in [-0.39, 0.29) is 5.88 Å². The number of aromatic nitrogens is 3. The van der Waals surface area contributed by atoms with Crippen molar-refractivity contribution in [3.8, 4) is 5.88 Å². The lowest BCUT2D eigenvalue weighted by atomic mass is 10.9. The van der Waals surface area contributed by atoms with Crippen LogP contribution in [0.25, 0.3) is 0 Å². The Balaban J connectivity index is 2.37. The minimum atomic E-state index is -2.10. The highest BCUT2D eigenvalue weighted by Gasteiger charge is 2.22. The first kappa shape index (κ1) is 8.10. The maximum atomic E-state index is 10.7. The SMILES string of the molecule is CCO[P+](=O)Oc1cn[nH]n1. The molecule has 1 aromatic rings. The molecule has 0 aliphatic carbocycles. The summed E-state index contributed by atoms with van der Waals surface area (Å²) in [5.74, 6) is 0.166. The zero-order valence-electron chi connectivity index (χ0n) is 5.85. The molecule has 1 aromatic heterocycles. The fourth-order valence-corrected chi connectivity index (χ4v) is 0.947. The number of H-pyrrole nitrogens is 1. The molecule has 1 atom stereocenters. The molecule has 0 bridgehead atoms. The van der Waals surface area contributed by atoms with Gasteiger partial charge >= 0.3 is 14.1 Å². The summed E-state index contributed by atoms with van der Waals surface area (Å²) in [5.41, 5.74) is 0. The van der Waals surface area contributed by atoms with Crippen LogP contribution < -0.4 is 4.52 Å². The summed E-state index contributed by atoms with van der Waals surface area (Å²) in [6.07, 6.45) is 1.31. The second-order valence-electron chi connectivity index (χ2n) is 1.54. The first-order valence-corrected chi connectivity index (χ1v) is 4.06. The van der Waals surface area contributed by atoms with Crippen molar-refractivity contribution >= 4 is 8.25 Å². The molecular weight excluding hydrogens is 169 g/mol. The molecule has 60 valence electrons. The molecule has 1 heterocycles. The number of rotatable bonds is 4. The van der Waals surface area contributed by atoms with Crippen molar-refractivity contribution in [3.63, 3.8) is 0 Å². The fourth-order valence-electron chi connectivity index (χ4n) is 0.443. The number of nitrogens with zero attached hydrogens (tertiary/aromatic N) is 2. The Morgan fingerprint density at radius 3 is 3.18 bits per heavy atom. The van der Waals surface area contributed by atoms with Crippen molar-refractivity contribution in [2.75, 3.05) is 6.61 Å². The number of nitrogens with one attached hydrogen (secondary N) is 1. The van der Waals surface area contributed by atoms with Crippen molar-refractivity contribution in [1.82, 2.24) is 15.4 Å². The van der Waals surface area contributed by atoms with Gasteiger partial charge in [0.15, 0.2) is 0 Å². The second kappa shape index (κ2) is 4.00. The van der Waals surface area contributed by atoms with Gasteiger partial charge in [0.25, 0.3) is 0 Å². The quantitative estimate of drug-likeness (QED) is 0.689. The van der Waals surface area contributed by atoms with Crippen LogP contribution in [-0.4, -0.2) is 22.0 Å². The summed E-state index contributed by atoms with van der Waals surface area (Å²) in [4.78, 5) is 0. The Labute approximate surface area is 63.9 Å². The zero-order chi connectivity index (χ0) is 8.10. The highest BCUT2D eigenvalue weighted by atomic mass is 31.1. The number of hydrogen-bond acceptors (Lipinski definition) is 5. The van der Waals surface area contributed by atoms with Crippen molar-refractivity contribution in [2.45, 2.75) is 6.92 Å². The Hall–Kier alpha value is -1.00. The molecule has 0 amide bonds. The van der Waals surface area contributed by atoms with Crippen LogP contribution in [0.4, 0.5) is 0 Å². The van der Waals surface area contributed by atoms with Crippen LogP contribution in [0, 0.1) is 0 Å². The summed E-state index contributed by atoms with van der Waals surface area (Å²) in [6.45, 7) is 2.06. The van der Waals surface area contributed by atoms with Crippen molar-refractivity contribution in [1.29, 1.82) is 0 Å². The van der Waals surface area contributed by atoms with Gasteiger partial charge in [0.1, 0.15) is 12.8 Å². The molecule has 6 nitrogen and oxygen atoms in total. The standard InChI is InChI=1S/C4H7N3O3P/c1-2-9-11(8)10-4-3-5-7-6-4/h3H,2H2,1H3,(H,5,6,7)/q+1. The zero-order valence-corrected chi connectivity index (χ0v) is 6.75. The molecular formula is C4H7N3O3P+. The van der Waals surface area contributed by atoms with E-state index in [1.54, 1.807) is 6.92 Å². The molecule has 0 saturated carbocycles. The summed E-state index contributed by atoms with van der Waals surface area (Å²) >= 11 is 0. The average Bonchev–Trinajstić information content (AvgIpc) is 2.40. The Bertz CT molecular complexity index is 224. The van der Waals surface area contributed by atoms with Crippen molar-refractivity contribution in [3.05, 3.63) is 6.20 Å². The highest BCUT2D eigenvalue weighted by molar-refractivity contribution is 7.33. The lowest BCUT2D eigenvalue weighted by Gasteiger charge is -1.81. The summed E-state index contributed by atoms with van der Waals surface area (Å²) < 4.78 is 20.0. The Morgan fingerprint density at radius 2 is 2.64 bits per heavy atom. The van der Waals surface area contributed by atoms with E-state index in [9.17, 15) is 4.57 Å². The predicted molar refractivity (Wildman–Crippen MR) is 36.2 cm³/mol. The molecule has 1 unspecified atom stereocenters. The predicted octanol–water partition coefficient (Wildman–Crippen LogP) is 0.877. The summed E-state index contributed by atoms with van der Waals surface area (Å²) in [5, 5.41) is 9.27. The summed E-state index contributed by atoms with van der Waals surface area (Å²) in [7, 11) is -2.10. The van der Waals surface area contributed by atoms with Gasteiger partial charge in [-0.05, 0) is 6.92 Å². The molecule has 1 rings (SSSR count). The molecule has 11 heavy (non-hydrogen) atoms. The lowest BCUT2D eigenvalue weighted by Crippen LogP contribution is -1.85. The van der Waals surface area contributed by atoms with E-state index < -0.39 is 8.25 Å². The van der Waals surface area contributed by atoms with E-state index in [1.807, 2.05) is 0 Å². The van der Waals surface area contributed by atoms with Gasteiger partial charge in [0.2, 0.25) is 0 Å². The normalized spacial score (nSPS) is 11.2. The van der Waals surface area contributed by atoms with Gasteiger partial charge in [-0.3, -0.25) is 0 Å². The Kier molecular flexibility index (Phi) is 2.95. The van der Waals surface area contributed by atoms with E-state index >= 15 is 0 Å². The maximum Gasteiger partial charge on any atom is 0.751 e. The van der Waals surface area contributed by atoms with E-state index in [0.717, 1.165) is 0 Å². The Morgan fingerprint density at radius 1 is 1.82 bits per heavy atom. The van der Waals surface area contributed by atoms with E-state index in [0.29, 0.717) is 6.61 Å². The molecule has 0 aliphatic heterocycles. The number of hydrogen-bond donors (Lipinski definition) is 1. The van der Waals surface area contributed by atoms with Crippen molar-refractivity contribution in [2.24, 2.45) is 0 Å². The minimum Gasteiger partial charge on any atom is -0.205 e. The first-order chi connectivity index (χ1) is 5.33. The van der Waals surface area contributed by atoms with Crippen molar-refractivity contribution < 1.29 is 13.6 Å². The molecule has 7 heteroatoms. The van der Waals surface area contributed by atoms with E-state index in [2.05, 4.69) is 24.5 Å². The van der Waals surface area contributed by atoms with Gasteiger partial charge < -0.3 is 0 Å². The third kappa shape index (κ3) is 2.61. The molecule has 0 radical (unpaired) electrons. The van der Waals surface area contributed by atoms with Crippen LogP contribution >= 0.6 is 8.25 Å². The van der Waals surface area contributed by atoms with Crippen LogP contribution in [-0.2, 0) is 9.09 Å². The first-order valence-electron chi connectivity index (χ1n) is 2.97. The van der Waals surface area contributed by atoms with Crippen LogP contribution in [0.15, 0.2) is 6.20 Å².